The molecule has 3 heteroatoms. The predicted octanol–water partition coefficient (Wildman–Crippen LogP) is 1.56. The molecular weight excluding hydrogens is 198 g/mol. The van der Waals surface area contributed by atoms with Gasteiger partial charge >= 0.3 is 0 Å². The van der Waals surface area contributed by atoms with E-state index in [1.54, 1.807) is 0 Å². The molecule has 2 atom stereocenters. The van der Waals surface area contributed by atoms with Crippen LogP contribution in [0, 0.1) is 12.8 Å². The number of aromatic nitrogens is 1. The molecule has 1 aromatic heterocycles. The summed E-state index contributed by atoms with van der Waals surface area (Å²) in [5.74, 6) is 0.658. The fourth-order valence-electron chi connectivity index (χ4n) is 2.26. The van der Waals surface area contributed by atoms with E-state index < -0.39 is 0 Å². The standard InChI is InChI=1S/C13H21N3/c1-10-3-4-13(15-7-10)9-16-6-5-12(8-16)11(2)14/h3-4,7,11-12H,5-6,8-9,14H2,1-2H3. The third kappa shape index (κ3) is 2.80. The molecule has 16 heavy (non-hydrogen) atoms. The van der Waals surface area contributed by atoms with Crippen molar-refractivity contribution in [2.75, 3.05) is 13.1 Å². The smallest absolute Gasteiger partial charge is 0.0544 e. The van der Waals surface area contributed by atoms with Crippen molar-refractivity contribution in [3.8, 4) is 0 Å². The predicted molar refractivity (Wildman–Crippen MR) is 66.0 cm³/mol. The first-order chi connectivity index (χ1) is 7.65. The maximum atomic E-state index is 5.93. The Kier molecular flexibility index (Phi) is 3.56. The average molecular weight is 219 g/mol. The average Bonchev–Trinajstić information content (AvgIpc) is 2.70. The largest absolute Gasteiger partial charge is 0.328 e. The lowest BCUT2D eigenvalue weighted by atomic mass is 10.0. The summed E-state index contributed by atoms with van der Waals surface area (Å²) in [6.07, 6.45) is 3.16. The molecule has 2 N–H and O–H groups in total. The molecule has 0 amide bonds. The first kappa shape index (κ1) is 11.6. The van der Waals surface area contributed by atoms with Crippen LogP contribution in [0.5, 0.6) is 0 Å². The van der Waals surface area contributed by atoms with Gasteiger partial charge < -0.3 is 5.73 Å². The van der Waals surface area contributed by atoms with Gasteiger partial charge in [-0.15, -0.1) is 0 Å². The highest BCUT2D eigenvalue weighted by Gasteiger charge is 2.25. The lowest BCUT2D eigenvalue weighted by molar-refractivity contribution is 0.305. The van der Waals surface area contributed by atoms with Crippen molar-refractivity contribution in [3.05, 3.63) is 29.6 Å². The summed E-state index contributed by atoms with van der Waals surface area (Å²) in [5, 5.41) is 0. The third-order valence-corrected chi connectivity index (χ3v) is 3.41. The van der Waals surface area contributed by atoms with Crippen molar-refractivity contribution in [2.45, 2.75) is 32.9 Å². The van der Waals surface area contributed by atoms with Gasteiger partial charge in [0, 0.05) is 25.3 Å². The van der Waals surface area contributed by atoms with E-state index in [1.165, 1.54) is 12.0 Å². The summed E-state index contributed by atoms with van der Waals surface area (Å²) >= 11 is 0. The summed E-state index contributed by atoms with van der Waals surface area (Å²) in [4.78, 5) is 6.89. The Labute approximate surface area is 97.7 Å². The molecule has 1 fully saturated rings. The van der Waals surface area contributed by atoms with Gasteiger partial charge in [-0.2, -0.15) is 0 Å². The number of nitrogens with zero attached hydrogens (tertiary/aromatic N) is 2. The zero-order chi connectivity index (χ0) is 11.5. The second-order valence-corrected chi connectivity index (χ2v) is 4.97. The third-order valence-electron chi connectivity index (χ3n) is 3.41. The van der Waals surface area contributed by atoms with Gasteiger partial charge in [0.05, 0.1) is 5.69 Å². The van der Waals surface area contributed by atoms with E-state index in [0.29, 0.717) is 12.0 Å². The van der Waals surface area contributed by atoms with Crippen LogP contribution in [0.15, 0.2) is 18.3 Å². The first-order valence-electron chi connectivity index (χ1n) is 6.04. The van der Waals surface area contributed by atoms with Gasteiger partial charge in [-0.05, 0) is 44.4 Å². The molecule has 0 aromatic carbocycles. The van der Waals surface area contributed by atoms with Crippen LogP contribution in [-0.4, -0.2) is 29.0 Å². The van der Waals surface area contributed by atoms with Crippen molar-refractivity contribution in [3.63, 3.8) is 0 Å². The zero-order valence-corrected chi connectivity index (χ0v) is 10.2. The molecule has 2 rings (SSSR count). The van der Waals surface area contributed by atoms with Gasteiger partial charge in [-0.25, -0.2) is 0 Å². The van der Waals surface area contributed by atoms with Crippen LogP contribution in [0.3, 0.4) is 0 Å². The second kappa shape index (κ2) is 4.93. The fraction of sp³-hybridized carbons (Fsp3) is 0.615. The van der Waals surface area contributed by atoms with Crippen LogP contribution in [-0.2, 0) is 6.54 Å². The van der Waals surface area contributed by atoms with Gasteiger partial charge in [-0.3, -0.25) is 9.88 Å². The molecule has 1 aromatic rings. The molecule has 0 bridgehead atoms. The van der Waals surface area contributed by atoms with E-state index in [1.807, 2.05) is 6.20 Å². The topological polar surface area (TPSA) is 42.1 Å². The molecule has 2 heterocycles. The zero-order valence-electron chi connectivity index (χ0n) is 10.2. The van der Waals surface area contributed by atoms with Crippen molar-refractivity contribution in [2.24, 2.45) is 11.7 Å². The maximum Gasteiger partial charge on any atom is 0.0544 e. The fourth-order valence-corrected chi connectivity index (χ4v) is 2.26. The Morgan fingerprint density at radius 2 is 2.38 bits per heavy atom. The summed E-state index contributed by atoms with van der Waals surface area (Å²) in [6.45, 7) is 7.41. The lowest BCUT2D eigenvalue weighted by Gasteiger charge is -2.17. The Morgan fingerprint density at radius 1 is 1.56 bits per heavy atom. The van der Waals surface area contributed by atoms with E-state index in [2.05, 4.69) is 35.9 Å². The minimum atomic E-state index is 0.316. The Balaban J connectivity index is 1.89. The molecule has 1 aliphatic heterocycles. The van der Waals surface area contributed by atoms with Gasteiger partial charge in [0.1, 0.15) is 0 Å². The number of rotatable bonds is 3. The molecular formula is C13H21N3. The van der Waals surface area contributed by atoms with Crippen molar-refractivity contribution < 1.29 is 0 Å². The number of pyridine rings is 1. The number of hydrogen-bond donors (Lipinski definition) is 1. The SMILES string of the molecule is Cc1ccc(CN2CCC(C(C)N)C2)nc1. The quantitative estimate of drug-likeness (QED) is 0.839. The molecule has 0 aliphatic carbocycles. The highest BCUT2D eigenvalue weighted by Crippen LogP contribution is 2.20. The monoisotopic (exact) mass is 219 g/mol. The molecule has 0 saturated carbocycles. The Bertz CT molecular complexity index is 332. The van der Waals surface area contributed by atoms with Crippen LogP contribution >= 0.6 is 0 Å². The first-order valence-corrected chi connectivity index (χ1v) is 6.04. The van der Waals surface area contributed by atoms with Gasteiger partial charge in [0.15, 0.2) is 0 Å². The summed E-state index contributed by atoms with van der Waals surface area (Å²) in [7, 11) is 0. The minimum absolute atomic E-state index is 0.316. The van der Waals surface area contributed by atoms with Crippen LogP contribution in [0.1, 0.15) is 24.6 Å². The van der Waals surface area contributed by atoms with Gasteiger partial charge in [-0.1, -0.05) is 6.07 Å². The number of nitrogens with two attached hydrogens (primary N) is 1. The molecule has 0 radical (unpaired) electrons. The molecule has 3 nitrogen and oxygen atoms in total. The van der Waals surface area contributed by atoms with Crippen LogP contribution < -0.4 is 5.73 Å². The minimum Gasteiger partial charge on any atom is -0.328 e. The van der Waals surface area contributed by atoms with E-state index in [-0.39, 0.29) is 0 Å². The van der Waals surface area contributed by atoms with E-state index in [4.69, 9.17) is 5.73 Å². The van der Waals surface area contributed by atoms with E-state index in [0.717, 1.165) is 25.3 Å². The molecule has 1 aliphatic rings. The van der Waals surface area contributed by atoms with Gasteiger partial charge in [0.25, 0.3) is 0 Å². The normalized spacial score (nSPS) is 23.6. The number of hydrogen-bond acceptors (Lipinski definition) is 3. The Morgan fingerprint density at radius 3 is 2.94 bits per heavy atom. The second-order valence-electron chi connectivity index (χ2n) is 4.97. The van der Waals surface area contributed by atoms with Crippen molar-refractivity contribution >= 4 is 0 Å². The van der Waals surface area contributed by atoms with Crippen LogP contribution in [0.4, 0.5) is 0 Å². The van der Waals surface area contributed by atoms with E-state index >= 15 is 0 Å². The summed E-state index contributed by atoms with van der Waals surface area (Å²) in [5.41, 5.74) is 8.31. The van der Waals surface area contributed by atoms with Crippen molar-refractivity contribution in [1.29, 1.82) is 0 Å². The van der Waals surface area contributed by atoms with Crippen LogP contribution in [0.25, 0.3) is 0 Å². The van der Waals surface area contributed by atoms with Crippen LogP contribution in [0.2, 0.25) is 0 Å². The number of likely N-dealkylation sites (tertiary alicyclic amines) is 1. The maximum absolute atomic E-state index is 5.93. The molecule has 1 saturated heterocycles. The van der Waals surface area contributed by atoms with Gasteiger partial charge in [0.2, 0.25) is 0 Å². The summed E-state index contributed by atoms with van der Waals surface area (Å²) < 4.78 is 0. The highest BCUT2D eigenvalue weighted by molar-refractivity contribution is 5.12. The molecule has 88 valence electrons. The van der Waals surface area contributed by atoms with E-state index in [9.17, 15) is 0 Å². The summed E-state index contributed by atoms with van der Waals surface area (Å²) in [6, 6.07) is 4.56. The number of aryl methyl sites for hydroxylation is 1. The van der Waals surface area contributed by atoms with Crippen molar-refractivity contribution in [1.82, 2.24) is 9.88 Å². The lowest BCUT2D eigenvalue weighted by Crippen LogP contribution is -2.29. The Hall–Kier alpha value is -0.930. The molecule has 2 unspecified atom stereocenters. The highest BCUT2D eigenvalue weighted by atomic mass is 15.2. The molecule has 0 spiro atoms.